The van der Waals surface area contributed by atoms with Crippen molar-refractivity contribution in [2.45, 2.75) is 27.3 Å². The first-order chi connectivity index (χ1) is 10.2. The van der Waals surface area contributed by atoms with Crippen molar-refractivity contribution < 1.29 is 0 Å². The van der Waals surface area contributed by atoms with E-state index in [-0.39, 0.29) is 0 Å². The van der Waals surface area contributed by atoms with E-state index in [9.17, 15) is 0 Å². The van der Waals surface area contributed by atoms with E-state index in [1.807, 2.05) is 0 Å². The highest BCUT2D eigenvalue weighted by molar-refractivity contribution is 6.31. The summed E-state index contributed by atoms with van der Waals surface area (Å²) in [5, 5.41) is 4.01. The molecular formula is C17H22ClN3. The molecule has 0 saturated carbocycles. The highest BCUT2D eigenvalue weighted by Crippen LogP contribution is 2.26. The SMILES string of the molecule is CCNCc1cc(N(CC)c2ccc(C)cc2)ncc1Cl. The maximum Gasteiger partial charge on any atom is 0.133 e. The number of hydrogen-bond donors (Lipinski definition) is 1. The minimum atomic E-state index is 0.708. The average Bonchev–Trinajstić information content (AvgIpc) is 2.50. The zero-order chi connectivity index (χ0) is 15.2. The van der Waals surface area contributed by atoms with Gasteiger partial charge in [0.1, 0.15) is 5.82 Å². The predicted octanol–water partition coefficient (Wildman–Crippen LogP) is 4.31. The number of nitrogens with zero attached hydrogens (tertiary/aromatic N) is 2. The number of nitrogens with one attached hydrogen (secondary N) is 1. The zero-order valence-electron chi connectivity index (χ0n) is 12.9. The molecule has 0 aliphatic rings. The molecule has 21 heavy (non-hydrogen) atoms. The number of hydrogen-bond acceptors (Lipinski definition) is 3. The molecule has 1 aromatic carbocycles. The van der Waals surface area contributed by atoms with Crippen LogP contribution in [0.1, 0.15) is 25.0 Å². The fourth-order valence-electron chi connectivity index (χ4n) is 2.21. The van der Waals surface area contributed by atoms with Gasteiger partial charge >= 0.3 is 0 Å². The summed E-state index contributed by atoms with van der Waals surface area (Å²) in [6.45, 7) is 8.84. The van der Waals surface area contributed by atoms with Crippen molar-refractivity contribution in [1.82, 2.24) is 10.3 Å². The Morgan fingerprint density at radius 2 is 1.90 bits per heavy atom. The molecule has 4 heteroatoms. The molecule has 0 fully saturated rings. The average molecular weight is 304 g/mol. The molecular weight excluding hydrogens is 282 g/mol. The Labute approximate surface area is 132 Å². The standard InChI is InChI=1S/C17H22ClN3/c1-4-19-11-14-10-17(20-12-16(14)18)21(5-2)15-8-6-13(3)7-9-15/h6-10,12,19H,4-5,11H2,1-3H3. The third-order valence-corrected chi connectivity index (χ3v) is 3.76. The van der Waals surface area contributed by atoms with Crippen molar-refractivity contribution in [1.29, 1.82) is 0 Å². The summed E-state index contributed by atoms with van der Waals surface area (Å²) in [7, 11) is 0. The molecule has 0 bridgehead atoms. The van der Waals surface area contributed by atoms with Crippen molar-refractivity contribution in [3.63, 3.8) is 0 Å². The molecule has 1 aromatic heterocycles. The van der Waals surface area contributed by atoms with Crippen LogP contribution in [-0.4, -0.2) is 18.1 Å². The highest BCUT2D eigenvalue weighted by Gasteiger charge is 2.11. The molecule has 1 N–H and O–H groups in total. The summed E-state index contributed by atoms with van der Waals surface area (Å²) >= 11 is 6.23. The summed E-state index contributed by atoms with van der Waals surface area (Å²) in [5.41, 5.74) is 3.48. The third kappa shape index (κ3) is 3.96. The van der Waals surface area contributed by atoms with Gasteiger partial charge in [0.25, 0.3) is 0 Å². The summed E-state index contributed by atoms with van der Waals surface area (Å²) < 4.78 is 0. The summed E-state index contributed by atoms with van der Waals surface area (Å²) in [4.78, 5) is 6.67. The van der Waals surface area contributed by atoms with Gasteiger partial charge in [-0.2, -0.15) is 0 Å². The van der Waals surface area contributed by atoms with E-state index in [2.05, 4.69) is 66.3 Å². The molecule has 0 aliphatic heterocycles. The van der Waals surface area contributed by atoms with Crippen LogP contribution in [0.5, 0.6) is 0 Å². The smallest absolute Gasteiger partial charge is 0.133 e. The van der Waals surface area contributed by atoms with Crippen LogP contribution in [0.3, 0.4) is 0 Å². The lowest BCUT2D eigenvalue weighted by Crippen LogP contribution is -2.18. The molecule has 0 aliphatic carbocycles. The Kier molecular flexibility index (Phi) is 5.59. The number of benzene rings is 1. The molecule has 2 rings (SSSR count). The number of pyridine rings is 1. The molecule has 3 nitrogen and oxygen atoms in total. The maximum absolute atomic E-state index is 6.23. The van der Waals surface area contributed by atoms with E-state index in [0.717, 1.165) is 36.7 Å². The van der Waals surface area contributed by atoms with Crippen LogP contribution in [0, 0.1) is 6.92 Å². The first-order valence-corrected chi connectivity index (χ1v) is 7.72. The van der Waals surface area contributed by atoms with Gasteiger partial charge in [-0.05, 0) is 44.2 Å². The van der Waals surface area contributed by atoms with Crippen molar-refractivity contribution >= 4 is 23.1 Å². The van der Waals surface area contributed by atoms with Crippen LogP contribution in [0.4, 0.5) is 11.5 Å². The van der Waals surface area contributed by atoms with Gasteiger partial charge in [0.05, 0.1) is 5.02 Å². The highest BCUT2D eigenvalue weighted by atomic mass is 35.5. The van der Waals surface area contributed by atoms with Gasteiger partial charge in [0, 0.05) is 25.0 Å². The molecule has 0 atom stereocenters. The normalized spacial score (nSPS) is 10.7. The van der Waals surface area contributed by atoms with Gasteiger partial charge in [-0.3, -0.25) is 0 Å². The number of halogens is 1. The van der Waals surface area contributed by atoms with Crippen LogP contribution >= 0.6 is 11.6 Å². The van der Waals surface area contributed by atoms with Crippen LogP contribution in [0.25, 0.3) is 0 Å². The Morgan fingerprint density at radius 1 is 1.19 bits per heavy atom. The monoisotopic (exact) mass is 303 g/mol. The van der Waals surface area contributed by atoms with Gasteiger partial charge in [-0.1, -0.05) is 36.2 Å². The topological polar surface area (TPSA) is 28.2 Å². The molecule has 2 aromatic rings. The lowest BCUT2D eigenvalue weighted by Gasteiger charge is -2.23. The number of aryl methyl sites for hydroxylation is 1. The Balaban J connectivity index is 2.31. The van der Waals surface area contributed by atoms with Crippen LogP contribution in [0.15, 0.2) is 36.5 Å². The number of rotatable bonds is 6. The minimum absolute atomic E-state index is 0.708. The van der Waals surface area contributed by atoms with Crippen LogP contribution in [-0.2, 0) is 6.54 Å². The van der Waals surface area contributed by atoms with Crippen molar-refractivity contribution in [2.24, 2.45) is 0 Å². The Bertz CT molecular complexity index is 581. The van der Waals surface area contributed by atoms with Crippen LogP contribution in [0.2, 0.25) is 5.02 Å². The number of aromatic nitrogens is 1. The Morgan fingerprint density at radius 3 is 2.52 bits per heavy atom. The predicted molar refractivity (Wildman–Crippen MR) is 90.5 cm³/mol. The lowest BCUT2D eigenvalue weighted by atomic mass is 10.2. The molecule has 0 saturated heterocycles. The zero-order valence-corrected chi connectivity index (χ0v) is 13.6. The van der Waals surface area contributed by atoms with Crippen molar-refractivity contribution in [3.8, 4) is 0 Å². The van der Waals surface area contributed by atoms with E-state index in [1.54, 1.807) is 6.20 Å². The molecule has 0 amide bonds. The second-order valence-electron chi connectivity index (χ2n) is 4.99. The second-order valence-corrected chi connectivity index (χ2v) is 5.40. The largest absolute Gasteiger partial charge is 0.327 e. The molecule has 1 heterocycles. The van der Waals surface area contributed by atoms with Crippen molar-refractivity contribution in [2.75, 3.05) is 18.0 Å². The molecule has 0 unspecified atom stereocenters. The van der Waals surface area contributed by atoms with E-state index in [4.69, 9.17) is 11.6 Å². The fourth-order valence-corrected chi connectivity index (χ4v) is 2.38. The fraction of sp³-hybridized carbons (Fsp3) is 0.353. The summed E-state index contributed by atoms with van der Waals surface area (Å²) in [6.07, 6.45) is 1.74. The van der Waals surface area contributed by atoms with E-state index < -0.39 is 0 Å². The quantitative estimate of drug-likeness (QED) is 0.862. The Hall–Kier alpha value is -1.58. The van der Waals surface area contributed by atoms with Gasteiger partial charge in [-0.15, -0.1) is 0 Å². The molecule has 112 valence electrons. The first kappa shape index (κ1) is 15.8. The lowest BCUT2D eigenvalue weighted by molar-refractivity contribution is 0.725. The van der Waals surface area contributed by atoms with E-state index in [1.165, 1.54) is 5.56 Å². The van der Waals surface area contributed by atoms with Gasteiger partial charge in [-0.25, -0.2) is 4.98 Å². The molecule has 0 radical (unpaired) electrons. The van der Waals surface area contributed by atoms with Gasteiger partial charge in [0.15, 0.2) is 0 Å². The van der Waals surface area contributed by atoms with Gasteiger partial charge < -0.3 is 10.2 Å². The van der Waals surface area contributed by atoms with E-state index in [0.29, 0.717) is 5.02 Å². The first-order valence-electron chi connectivity index (χ1n) is 7.35. The van der Waals surface area contributed by atoms with Crippen LogP contribution < -0.4 is 10.2 Å². The third-order valence-electron chi connectivity index (χ3n) is 3.42. The van der Waals surface area contributed by atoms with Crippen molar-refractivity contribution in [3.05, 3.63) is 52.7 Å². The summed E-state index contributed by atoms with van der Waals surface area (Å²) in [5.74, 6) is 0.929. The van der Waals surface area contributed by atoms with Gasteiger partial charge in [0.2, 0.25) is 0 Å². The number of anilines is 2. The maximum atomic E-state index is 6.23. The second kappa shape index (κ2) is 7.43. The van der Waals surface area contributed by atoms with E-state index >= 15 is 0 Å². The minimum Gasteiger partial charge on any atom is -0.327 e. The molecule has 0 spiro atoms. The summed E-state index contributed by atoms with van der Waals surface area (Å²) in [6, 6.07) is 10.5.